The molecule has 1 saturated heterocycles. The molecular weight excluding hydrogens is 496 g/mol. The van der Waals surface area contributed by atoms with Crippen molar-refractivity contribution in [3.8, 4) is 11.6 Å². The van der Waals surface area contributed by atoms with Gasteiger partial charge in [0.2, 0.25) is 5.88 Å². The molecule has 1 aromatic heterocycles. The van der Waals surface area contributed by atoms with Crippen LogP contribution in [0.3, 0.4) is 0 Å². The van der Waals surface area contributed by atoms with Crippen LogP contribution in [0.5, 0.6) is 5.88 Å². The SMILES string of the molecule is COCCN1CC(NCNc2c(C)c(OCC(O)CO)nn2-c2ccccc2)C(c2ccc(F)c(F)c2)C1. The molecule has 1 aliphatic rings. The molecule has 0 saturated carbocycles. The molecule has 4 rings (SSSR count). The van der Waals surface area contributed by atoms with Gasteiger partial charge in [-0.1, -0.05) is 24.3 Å². The van der Waals surface area contributed by atoms with Crippen LogP contribution in [0, 0.1) is 18.6 Å². The van der Waals surface area contributed by atoms with Crippen molar-refractivity contribution in [3.63, 3.8) is 0 Å². The smallest absolute Gasteiger partial charge is 0.238 e. The van der Waals surface area contributed by atoms with Gasteiger partial charge < -0.3 is 25.0 Å². The lowest BCUT2D eigenvalue weighted by molar-refractivity contribution is 0.0518. The fourth-order valence-electron chi connectivity index (χ4n) is 4.65. The minimum atomic E-state index is -1.01. The first-order valence-electron chi connectivity index (χ1n) is 12.6. The summed E-state index contributed by atoms with van der Waals surface area (Å²) in [5.74, 6) is -0.701. The first-order valence-corrected chi connectivity index (χ1v) is 12.6. The summed E-state index contributed by atoms with van der Waals surface area (Å²) < 4.78 is 40.2. The largest absolute Gasteiger partial charge is 0.474 e. The highest BCUT2D eigenvalue weighted by atomic mass is 19.2. The van der Waals surface area contributed by atoms with E-state index in [0.29, 0.717) is 31.5 Å². The number of hydrogen-bond acceptors (Lipinski definition) is 8. The van der Waals surface area contributed by atoms with Gasteiger partial charge in [-0.2, -0.15) is 0 Å². The van der Waals surface area contributed by atoms with Gasteiger partial charge in [0.15, 0.2) is 11.6 Å². The van der Waals surface area contributed by atoms with Crippen molar-refractivity contribution in [1.29, 1.82) is 0 Å². The number of ether oxygens (including phenoxy) is 2. The van der Waals surface area contributed by atoms with Crippen LogP contribution in [-0.4, -0.2) is 90.3 Å². The summed E-state index contributed by atoms with van der Waals surface area (Å²) in [6.07, 6.45) is -1.01. The number of benzene rings is 2. The van der Waals surface area contributed by atoms with E-state index >= 15 is 0 Å². The molecule has 3 atom stereocenters. The third-order valence-electron chi connectivity index (χ3n) is 6.70. The topological polar surface area (TPSA) is 104 Å². The monoisotopic (exact) mass is 531 g/mol. The molecule has 3 unspecified atom stereocenters. The van der Waals surface area contributed by atoms with Gasteiger partial charge >= 0.3 is 0 Å². The van der Waals surface area contributed by atoms with E-state index in [9.17, 15) is 13.9 Å². The van der Waals surface area contributed by atoms with Gasteiger partial charge in [-0.15, -0.1) is 5.10 Å². The standard InChI is InChI=1S/C27H35F2N5O4/c1-18-26(34(20-6-4-3-5-7-20)32-27(18)38-16-21(36)15-35)31-17-30-25-14-33(10-11-37-2)13-22(25)19-8-9-23(28)24(29)12-19/h3-9,12,21-22,25,30-31,35-36H,10-11,13-17H2,1-2H3. The zero-order valence-electron chi connectivity index (χ0n) is 21.6. The van der Waals surface area contributed by atoms with E-state index in [1.165, 1.54) is 12.1 Å². The van der Waals surface area contributed by atoms with Crippen molar-refractivity contribution in [2.75, 3.05) is 58.6 Å². The molecule has 2 aromatic carbocycles. The lowest BCUT2D eigenvalue weighted by atomic mass is 9.94. The maximum Gasteiger partial charge on any atom is 0.238 e. The number of hydrogen-bond donors (Lipinski definition) is 4. The molecule has 0 amide bonds. The van der Waals surface area contributed by atoms with E-state index in [1.54, 1.807) is 17.9 Å². The molecule has 1 aliphatic heterocycles. The van der Waals surface area contributed by atoms with Crippen molar-refractivity contribution < 1.29 is 28.5 Å². The van der Waals surface area contributed by atoms with Gasteiger partial charge in [0.05, 0.1) is 31.1 Å². The summed E-state index contributed by atoms with van der Waals surface area (Å²) in [6, 6.07) is 13.6. The predicted octanol–water partition coefficient (Wildman–Crippen LogP) is 2.26. The van der Waals surface area contributed by atoms with Crippen molar-refractivity contribution in [1.82, 2.24) is 20.0 Å². The second-order valence-electron chi connectivity index (χ2n) is 9.37. The fourth-order valence-corrected chi connectivity index (χ4v) is 4.65. The molecule has 11 heteroatoms. The lowest BCUT2D eigenvalue weighted by Crippen LogP contribution is -2.39. The Bertz CT molecular complexity index is 1180. The predicted molar refractivity (Wildman–Crippen MR) is 140 cm³/mol. The molecule has 9 nitrogen and oxygen atoms in total. The Balaban J connectivity index is 1.51. The van der Waals surface area contributed by atoms with Crippen molar-refractivity contribution >= 4 is 5.82 Å². The van der Waals surface area contributed by atoms with E-state index < -0.39 is 24.3 Å². The number of rotatable bonds is 13. The average molecular weight is 532 g/mol. The van der Waals surface area contributed by atoms with Crippen LogP contribution in [0.2, 0.25) is 0 Å². The van der Waals surface area contributed by atoms with Crippen molar-refractivity contribution in [2.24, 2.45) is 0 Å². The lowest BCUT2D eigenvalue weighted by Gasteiger charge is -2.21. The molecule has 38 heavy (non-hydrogen) atoms. The van der Waals surface area contributed by atoms with Gasteiger partial charge in [0, 0.05) is 38.7 Å². The van der Waals surface area contributed by atoms with Gasteiger partial charge in [-0.25, -0.2) is 13.5 Å². The number of aliphatic hydroxyl groups excluding tert-OH is 2. The highest BCUT2D eigenvalue weighted by molar-refractivity contribution is 5.55. The Morgan fingerprint density at radius 3 is 2.63 bits per heavy atom. The second-order valence-corrected chi connectivity index (χ2v) is 9.37. The molecule has 2 heterocycles. The number of likely N-dealkylation sites (tertiary alicyclic amines) is 1. The summed E-state index contributed by atoms with van der Waals surface area (Å²) in [4.78, 5) is 2.24. The van der Waals surface area contributed by atoms with E-state index in [0.717, 1.165) is 29.9 Å². The Labute approximate surface area is 221 Å². The maximum absolute atomic E-state index is 14.0. The molecule has 0 aliphatic carbocycles. The molecular formula is C27H35F2N5O4. The Morgan fingerprint density at radius 1 is 1.13 bits per heavy atom. The molecule has 0 radical (unpaired) electrons. The van der Waals surface area contributed by atoms with Crippen molar-refractivity contribution in [2.45, 2.75) is 25.0 Å². The summed E-state index contributed by atoms with van der Waals surface area (Å²) in [6.45, 7) is 4.48. The number of anilines is 1. The van der Waals surface area contributed by atoms with Crippen LogP contribution in [0.25, 0.3) is 5.69 Å². The van der Waals surface area contributed by atoms with Gasteiger partial charge in [-0.3, -0.25) is 10.2 Å². The number of aliphatic hydroxyl groups is 2. The third kappa shape index (κ3) is 6.66. The second kappa shape index (κ2) is 13.1. The Morgan fingerprint density at radius 2 is 1.92 bits per heavy atom. The molecule has 0 bridgehead atoms. The van der Waals surface area contributed by atoms with Crippen LogP contribution < -0.4 is 15.4 Å². The van der Waals surface area contributed by atoms with Gasteiger partial charge in [-0.05, 0) is 36.8 Å². The van der Waals surface area contributed by atoms with Crippen molar-refractivity contribution in [3.05, 3.63) is 71.3 Å². The number of aromatic nitrogens is 2. The third-order valence-corrected chi connectivity index (χ3v) is 6.70. The van der Waals surface area contributed by atoms with E-state index in [2.05, 4.69) is 20.6 Å². The normalized spacial score (nSPS) is 18.6. The summed E-state index contributed by atoms with van der Waals surface area (Å²) >= 11 is 0. The quantitative estimate of drug-likeness (QED) is 0.249. The van der Waals surface area contributed by atoms with Gasteiger partial charge in [0.25, 0.3) is 0 Å². The Hall–Kier alpha value is -3.09. The fraction of sp³-hybridized carbons (Fsp3) is 0.444. The zero-order chi connectivity index (χ0) is 27.1. The molecule has 1 fully saturated rings. The minimum absolute atomic E-state index is 0.0203. The van der Waals surface area contributed by atoms with E-state index in [1.807, 2.05) is 37.3 Å². The number of nitrogens with one attached hydrogen (secondary N) is 2. The molecule has 0 spiro atoms. The molecule has 206 valence electrons. The van der Waals surface area contributed by atoms with Crippen LogP contribution in [0.15, 0.2) is 48.5 Å². The maximum atomic E-state index is 14.0. The molecule has 3 aromatic rings. The average Bonchev–Trinajstić information content (AvgIpc) is 3.48. The first kappa shape index (κ1) is 27.9. The number of methoxy groups -OCH3 is 1. The summed E-state index contributed by atoms with van der Waals surface area (Å²) in [5.41, 5.74) is 2.30. The number of halogens is 2. The van der Waals surface area contributed by atoms with Gasteiger partial charge in [0.1, 0.15) is 18.5 Å². The van der Waals surface area contributed by atoms with E-state index in [-0.39, 0.29) is 18.6 Å². The van der Waals surface area contributed by atoms with Crippen LogP contribution in [-0.2, 0) is 4.74 Å². The summed E-state index contributed by atoms with van der Waals surface area (Å²) in [5, 5.41) is 30.3. The Kier molecular flexibility index (Phi) is 9.64. The number of nitrogens with zero attached hydrogens (tertiary/aromatic N) is 3. The minimum Gasteiger partial charge on any atom is -0.474 e. The summed E-state index contributed by atoms with van der Waals surface area (Å²) in [7, 11) is 1.66. The zero-order valence-corrected chi connectivity index (χ0v) is 21.6. The van der Waals surface area contributed by atoms with E-state index in [4.69, 9.17) is 14.6 Å². The highest BCUT2D eigenvalue weighted by Gasteiger charge is 2.34. The molecule has 4 N–H and O–H groups in total. The number of para-hydroxylation sites is 1. The first-order chi connectivity index (χ1) is 18.4. The van der Waals surface area contributed by atoms with Crippen LogP contribution in [0.1, 0.15) is 17.0 Å². The highest BCUT2D eigenvalue weighted by Crippen LogP contribution is 2.30. The van der Waals surface area contributed by atoms with Crippen LogP contribution >= 0.6 is 0 Å². The van der Waals surface area contributed by atoms with Crippen LogP contribution in [0.4, 0.5) is 14.6 Å².